The molecular formula is C13H20IN. The maximum atomic E-state index is 3.47. The van der Waals surface area contributed by atoms with Crippen molar-refractivity contribution < 1.29 is 0 Å². The van der Waals surface area contributed by atoms with Crippen molar-refractivity contribution in [3.05, 3.63) is 33.4 Å². The average molecular weight is 317 g/mol. The second-order valence-electron chi connectivity index (χ2n) is 3.80. The average Bonchev–Trinajstić information content (AvgIpc) is 2.25. The molecule has 0 aromatic heterocycles. The van der Waals surface area contributed by atoms with Crippen LogP contribution < -0.4 is 5.32 Å². The standard InChI is InChI=1S/C13H20IN/c1-2-3-10-15-11-6-8-12-7-4-5-9-13(12)14/h4-5,7,9,15H,2-3,6,8,10-11H2,1H3. The number of benzene rings is 1. The first-order valence-corrected chi connectivity index (χ1v) is 6.86. The number of hydrogen-bond acceptors (Lipinski definition) is 1. The number of aryl methyl sites for hydroxylation is 1. The number of rotatable bonds is 7. The lowest BCUT2D eigenvalue weighted by Gasteiger charge is -2.05. The summed E-state index contributed by atoms with van der Waals surface area (Å²) in [5.41, 5.74) is 1.48. The van der Waals surface area contributed by atoms with Crippen molar-refractivity contribution in [1.82, 2.24) is 5.32 Å². The van der Waals surface area contributed by atoms with Crippen LogP contribution in [0.4, 0.5) is 0 Å². The largest absolute Gasteiger partial charge is 0.317 e. The van der Waals surface area contributed by atoms with E-state index < -0.39 is 0 Å². The summed E-state index contributed by atoms with van der Waals surface area (Å²) in [6, 6.07) is 8.64. The van der Waals surface area contributed by atoms with Crippen molar-refractivity contribution in [2.45, 2.75) is 32.6 Å². The van der Waals surface area contributed by atoms with Gasteiger partial charge in [-0.15, -0.1) is 0 Å². The Balaban J connectivity index is 2.12. The predicted octanol–water partition coefficient (Wildman–Crippen LogP) is 3.61. The fourth-order valence-corrected chi connectivity index (χ4v) is 2.19. The van der Waals surface area contributed by atoms with E-state index in [9.17, 15) is 0 Å². The lowest BCUT2D eigenvalue weighted by molar-refractivity contribution is 0.616. The van der Waals surface area contributed by atoms with Crippen LogP contribution >= 0.6 is 22.6 Å². The molecule has 0 bridgehead atoms. The molecule has 2 heteroatoms. The smallest absolute Gasteiger partial charge is 0.0162 e. The Labute approximate surface area is 107 Å². The van der Waals surface area contributed by atoms with E-state index in [1.54, 1.807) is 0 Å². The van der Waals surface area contributed by atoms with Gasteiger partial charge in [0.1, 0.15) is 0 Å². The molecule has 0 spiro atoms. The van der Waals surface area contributed by atoms with Gasteiger partial charge in [-0.05, 0) is 66.6 Å². The Morgan fingerprint density at radius 1 is 1.13 bits per heavy atom. The Bertz CT molecular complexity index is 273. The quantitative estimate of drug-likeness (QED) is 0.598. The van der Waals surface area contributed by atoms with Gasteiger partial charge in [0.15, 0.2) is 0 Å². The normalized spacial score (nSPS) is 10.5. The highest BCUT2D eigenvalue weighted by Crippen LogP contribution is 2.12. The molecule has 1 nitrogen and oxygen atoms in total. The minimum atomic E-state index is 1.14. The third-order valence-electron chi connectivity index (χ3n) is 2.46. The van der Waals surface area contributed by atoms with Crippen LogP contribution in [-0.2, 0) is 6.42 Å². The maximum absolute atomic E-state index is 3.47. The third-order valence-corrected chi connectivity index (χ3v) is 3.52. The summed E-state index contributed by atoms with van der Waals surface area (Å²) in [6.07, 6.45) is 5.01. The molecule has 0 aliphatic rings. The molecule has 1 aromatic carbocycles. The molecule has 1 aromatic rings. The first-order valence-electron chi connectivity index (χ1n) is 5.78. The Kier molecular flexibility index (Phi) is 7.01. The fraction of sp³-hybridized carbons (Fsp3) is 0.538. The summed E-state index contributed by atoms with van der Waals surface area (Å²) >= 11 is 2.41. The first kappa shape index (κ1) is 13.0. The number of hydrogen-bond donors (Lipinski definition) is 1. The molecule has 0 unspecified atom stereocenters. The van der Waals surface area contributed by atoms with Crippen molar-refractivity contribution >= 4 is 22.6 Å². The van der Waals surface area contributed by atoms with Gasteiger partial charge in [-0.2, -0.15) is 0 Å². The van der Waals surface area contributed by atoms with E-state index >= 15 is 0 Å². The molecule has 0 fully saturated rings. The van der Waals surface area contributed by atoms with E-state index in [-0.39, 0.29) is 0 Å². The van der Waals surface area contributed by atoms with Crippen LogP contribution in [0.2, 0.25) is 0 Å². The maximum Gasteiger partial charge on any atom is 0.0162 e. The molecule has 0 atom stereocenters. The molecule has 0 saturated carbocycles. The van der Waals surface area contributed by atoms with Gasteiger partial charge in [0.25, 0.3) is 0 Å². The van der Waals surface area contributed by atoms with Crippen LogP contribution in [0.3, 0.4) is 0 Å². The monoisotopic (exact) mass is 317 g/mol. The van der Waals surface area contributed by atoms with Gasteiger partial charge < -0.3 is 5.32 Å². The summed E-state index contributed by atoms with van der Waals surface area (Å²) in [5.74, 6) is 0. The number of nitrogens with one attached hydrogen (secondary N) is 1. The summed E-state index contributed by atoms with van der Waals surface area (Å²) in [7, 11) is 0. The first-order chi connectivity index (χ1) is 7.34. The van der Waals surface area contributed by atoms with Crippen LogP contribution in [0.25, 0.3) is 0 Å². The summed E-state index contributed by atoms with van der Waals surface area (Å²) < 4.78 is 1.39. The minimum Gasteiger partial charge on any atom is -0.317 e. The van der Waals surface area contributed by atoms with Crippen LogP contribution in [0.5, 0.6) is 0 Å². The van der Waals surface area contributed by atoms with Crippen molar-refractivity contribution in [1.29, 1.82) is 0 Å². The molecule has 0 aliphatic carbocycles. The molecule has 0 heterocycles. The topological polar surface area (TPSA) is 12.0 Å². The second-order valence-corrected chi connectivity index (χ2v) is 4.96. The van der Waals surface area contributed by atoms with E-state index in [2.05, 4.69) is 59.1 Å². The van der Waals surface area contributed by atoms with Crippen molar-refractivity contribution in [2.24, 2.45) is 0 Å². The zero-order valence-electron chi connectivity index (χ0n) is 9.43. The molecule has 0 saturated heterocycles. The van der Waals surface area contributed by atoms with Gasteiger partial charge in [-0.3, -0.25) is 0 Å². The highest BCUT2D eigenvalue weighted by molar-refractivity contribution is 14.1. The van der Waals surface area contributed by atoms with Crippen LogP contribution in [-0.4, -0.2) is 13.1 Å². The molecule has 84 valence electrons. The fourth-order valence-electron chi connectivity index (χ4n) is 1.53. The lowest BCUT2D eigenvalue weighted by atomic mass is 10.1. The van der Waals surface area contributed by atoms with E-state index in [0.29, 0.717) is 0 Å². The third kappa shape index (κ3) is 5.52. The summed E-state index contributed by atoms with van der Waals surface area (Å²) in [5, 5.41) is 3.47. The van der Waals surface area contributed by atoms with Gasteiger partial charge in [-0.25, -0.2) is 0 Å². The van der Waals surface area contributed by atoms with E-state index in [1.165, 1.54) is 41.4 Å². The van der Waals surface area contributed by atoms with Crippen LogP contribution in [0, 0.1) is 3.57 Å². The Morgan fingerprint density at radius 3 is 2.60 bits per heavy atom. The van der Waals surface area contributed by atoms with E-state index in [1.807, 2.05) is 0 Å². The predicted molar refractivity (Wildman–Crippen MR) is 75.3 cm³/mol. The molecule has 0 radical (unpaired) electrons. The number of unbranched alkanes of at least 4 members (excludes halogenated alkanes) is 1. The Hall–Kier alpha value is -0.0900. The van der Waals surface area contributed by atoms with Crippen molar-refractivity contribution in [2.75, 3.05) is 13.1 Å². The van der Waals surface area contributed by atoms with Crippen LogP contribution in [0.1, 0.15) is 31.7 Å². The molecular weight excluding hydrogens is 297 g/mol. The number of halogens is 1. The zero-order chi connectivity index (χ0) is 10.9. The second kappa shape index (κ2) is 8.11. The summed E-state index contributed by atoms with van der Waals surface area (Å²) in [6.45, 7) is 4.54. The molecule has 1 rings (SSSR count). The zero-order valence-corrected chi connectivity index (χ0v) is 11.6. The van der Waals surface area contributed by atoms with Gasteiger partial charge >= 0.3 is 0 Å². The molecule has 15 heavy (non-hydrogen) atoms. The molecule has 0 aliphatic heterocycles. The van der Waals surface area contributed by atoms with Gasteiger partial charge in [-0.1, -0.05) is 31.5 Å². The van der Waals surface area contributed by atoms with Crippen LogP contribution in [0.15, 0.2) is 24.3 Å². The van der Waals surface area contributed by atoms with Gasteiger partial charge in [0.05, 0.1) is 0 Å². The lowest BCUT2D eigenvalue weighted by Crippen LogP contribution is -2.17. The Morgan fingerprint density at radius 2 is 1.87 bits per heavy atom. The molecule has 1 N–H and O–H groups in total. The molecule has 0 amide bonds. The minimum absolute atomic E-state index is 1.14. The van der Waals surface area contributed by atoms with Crippen molar-refractivity contribution in [3.63, 3.8) is 0 Å². The van der Waals surface area contributed by atoms with Gasteiger partial charge in [0.2, 0.25) is 0 Å². The van der Waals surface area contributed by atoms with E-state index in [4.69, 9.17) is 0 Å². The SMILES string of the molecule is CCCCNCCCc1ccccc1I. The summed E-state index contributed by atoms with van der Waals surface area (Å²) in [4.78, 5) is 0. The van der Waals surface area contributed by atoms with Gasteiger partial charge in [0, 0.05) is 3.57 Å². The highest BCUT2D eigenvalue weighted by Gasteiger charge is 1.97. The van der Waals surface area contributed by atoms with Crippen molar-refractivity contribution in [3.8, 4) is 0 Å². The highest BCUT2D eigenvalue weighted by atomic mass is 127. The van der Waals surface area contributed by atoms with E-state index in [0.717, 1.165) is 6.54 Å².